The predicted octanol–water partition coefficient (Wildman–Crippen LogP) is -1.28. The Labute approximate surface area is 102 Å². The van der Waals surface area contributed by atoms with Crippen LogP contribution in [-0.2, 0) is 12.0 Å². The fraction of sp³-hybridized carbons (Fsp3) is 0.700. The van der Waals surface area contributed by atoms with E-state index in [2.05, 4.69) is 9.79 Å². The van der Waals surface area contributed by atoms with Gasteiger partial charge in [-0.1, -0.05) is 6.92 Å². The standard InChI is InChI=1S/C10H14N4O4/c1-5-9(2,11)13(16)7-4-3-6-8(10(5,7)15)12-18-14(6)17/h5,15H,3-4,11H2,1-2H3/t5-,9-,10-/m0/s1. The highest BCUT2D eigenvalue weighted by molar-refractivity contribution is 5.92. The van der Waals surface area contributed by atoms with Crippen LogP contribution in [0.25, 0.3) is 0 Å². The average molecular weight is 254 g/mol. The van der Waals surface area contributed by atoms with E-state index in [1.165, 1.54) is 0 Å². The summed E-state index contributed by atoms with van der Waals surface area (Å²) in [6.07, 6.45) is 0.578. The minimum atomic E-state index is -1.61. The molecule has 8 heteroatoms. The molecule has 1 aliphatic heterocycles. The number of nitrogens with two attached hydrogens (primary N) is 1. The first-order valence-electron chi connectivity index (χ1n) is 5.75. The molecule has 0 spiro atoms. The number of fused-ring (bicyclic) bond motifs is 3. The lowest BCUT2D eigenvalue weighted by Crippen LogP contribution is -2.52. The van der Waals surface area contributed by atoms with Gasteiger partial charge in [-0.2, -0.15) is 4.74 Å². The molecule has 2 aliphatic rings. The first-order valence-corrected chi connectivity index (χ1v) is 5.75. The van der Waals surface area contributed by atoms with E-state index in [0.29, 0.717) is 11.2 Å². The van der Waals surface area contributed by atoms with Gasteiger partial charge in [0.1, 0.15) is 0 Å². The fourth-order valence-corrected chi connectivity index (χ4v) is 2.93. The molecule has 3 N–H and O–H groups in total. The van der Waals surface area contributed by atoms with Crippen molar-refractivity contribution in [1.82, 2.24) is 5.16 Å². The van der Waals surface area contributed by atoms with Crippen molar-refractivity contribution in [3.05, 3.63) is 21.8 Å². The predicted molar refractivity (Wildman–Crippen MR) is 58.1 cm³/mol. The molecule has 1 aromatic heterocycles. The van der Waals surface area contributed by atoms with E-state index < -0.39 is 17.2 Å². The summed E-state index contributed by atoms with van der Waals surface area (Å²) in [7, 11) is 0. The smallest absolute Gasteiger partial charge is 0.263 e. The number of aromatic nitrogens is 2. The Hall–Kier alpha value is -1.67. The second kappa shape index (κ2) is 3.01. The largest absolute Gasteiger partial charge is 0.622 e. The number of aliphatic hydroxyl groups is 1. The highest BCUT2D eigenvalue weighted by Gasteiger charge is 2.67. The molecule has 18 heavy (non-hydrogen) atoms. The first-order chi connectivity index (χ1) is 8.31. The lowest BCUT2D eigenvalue weighted by molar-refractivity contribution is -0.808. The minimum absolute atomic E-state index is 0.112. The summed E-state index contributed by atoms with van der Waals surface area (Å²) in [5, 5.41) is 38.0. The van der Waals surface area contributed by atoms with Crippen LogP contribution < -0.4 is 10.6 Å². The van der Waals surface area contributed by atoms with E-state index >= 15 is 0 Å². The molecule has 1 aliphatic carbocycles. The summed E-state index contributed by atoms with van der Waals surface area (Å²) >= 11 is 0. The summed E-state index contributed by atoms with van der Waals surface area (Å²) < 4.78 is 5.16. The second-order valence-electron chi connectivity index (χ2n) is 5.18. The summed E-state index contributed by atoms with van der Waals surface area (Å²) in [6, 6.07) is 0. The van der Waals surface area contributed by atoms with Crippen molar-refractivity contribution < 1.29 is 19.4 Å². The van der Waals surface area contributed by atoms with Gasteiger partial charge in [0.05, 0.1) is 5.92 Å². The second-order valence-corrected chi connectivity index (χ2v) is 5.18. The lowest BCUT2D eigenvalue weighted by Gasteiger charge is -2.27. The van der Waals surface area contributed by atoms with E-state index in [0.717, 1.165) is 0 Å². The molecular formula is C10H14N4O4. The van der Waals surface area contributed by atoms with E-state index in [4.69, 9.17) is 5.73 Å². The normalized spacial score (nSPS) is 38.8. The van der Waals surface area contributed by atoms with E-state index in [9.17, 15) is 15.5 Å². The van der Waals surface area contributed by atoms with Crippen molar-refractivity contribution in [3.8, 4) is 0 Å². The summed E-state index contributed by atoms with van der Waals surface area (Å²) in [5.41, 5.74) is 3.74. The van der Waals surface area contributed by atoms with E-state index in [-0.39, 0.29) is 28.4 Å². The molecule has 8 nitrogen and oxygen atoms in total. The monoisotopic (exact) mass is 254 g/mol. The highest BCUT2D eigenvalue weighted by atomic mass is 16.8. The van der Waals surface area contributed by atoms with Gasteiger partial charge in [-0.3, -0.25) is 10.4 Å². The van der Waals surface area contributed by atoms with Gasteiger partial charge in [0.15, 0.2) is 0 Å². The third-order valence-corrected chi connectivity index (χ3v) is 4.29. The Balaban J connectivity index is 2.28. The van der Waals surface area contributed by atoms with Gasteiger partial charge in [0.2, 0.25) is 22.7 Å². The van der Waals surface area contributed by atoms with Crippen molar-refractivity contribution in [2.45, 2.75) is 38.0 Å². The summed E-state index contributed by atoms with van der Waals surface area (Å²) in [4.78, 5) is 0.276. The number of rotatable bonds is 0. The zero-order valence-electron chi connectivity index (χ0n) is 10.1. The quantitative estimate of drug-likeness (QED) is 0.438. The van der Waals surface area contributed by atoms with Gasteiger partial charge in [-0.15, -0.1) is 0 Å². The van der Waals surface area contributed by atoms with Crippen molar-refractivity contribution in [3.63, 3.8) is 0 Å². The molecular weight excluding hydrogens is 240 g/mol. The van der Waals surface area contributed by atoms with Crippen molar-refractivity contribution in [2.75, 3.05) is 0 Å². The van der Waals surface area contributed by atoms with Crippen LogP contribution in [0.4, 0.5) is 0 Å². The van der Waals surface area contributed by atoms with Crippen LogP contribution in [0.5, 0.6) is 0 Å². The molecule has 98 valence electrons. The van der Waals surface area contributed by atoms with Crippen molar-refractivity contribution in [2.24, 2.45) is 11.7 Å². The van der Waals surface area contributed by atoms with Gasteiger partial charge in [0, 0.05) is 24.9 Å². The van der Waals surface area contributed by atoms with Crippen LogP contribution in [-0.4, -0.2) is 26.4 Å². The van der Waals surface area contributed by atoms with Gasteiger partial charge in [-0.25, -0.2) is 0 Å². The Morgan fingerprint density at radius 3 is 2.83 bits per heavy atom. The van der Waals surface area contributed by atoms with E-state index in [1.54, 1.807) is 13.8 Å². The molecule has 0 radical (unpaired) electrons. The SMILES string of the molecule is C[C@@H]1[C@]2(O)C(=[N+]([O-])[C@]1(C)N)CCc1c2no[n+]1[O-]. The molecule has 0 saturated carbocycles. The lowest BCUT2D eigenvalue weighted by atomic mass is 9.74. The molecule has 1 aromatic rings. The summed E-state index contributed by atoms with van der Waals surface area (Å²) in [5.74, 6) is -0.596. The van der Waals surface area contributed by atoms with Crippen LogP contribution in [0.15, 0.2) is 4.63 Å². The summed E-state index contributed by atoms with van der Waals surface area (Å²) in [6.45, 7) is 3.22. The Bertz CT molecular complexity index is 564. The maximum Gasteiger partial charge on any atom is 0.263 e. The van der Waals surface area contributed by atoms with Crippen molar-refractivity contribution in [1.29, 1.82) is 0 Å². The fourth-order valence-electron chi connectivity index (χ4n) is 2.93. The molecule has 0 aromatic carbocycles. The number of hydroxylamine groups is 1. The topological polar surface area (TPSA) is 125 Å². The van der Waals surface area contributed by atoms with Crippen LogP contribution in [0.1, 0.15) is 31.7 Å². The number of hydrogen-bond donors (Lipinski definition) is 2. The van der Waals surface area contributed by atoms with Gasteiger partial charge in [-0.05, 0) is 4.90 Å². The highest BCUT2D eigenvalue weighted by Crippen LogP contribution is 2.45. The van der Waals surface area contributed by atoms with Gasteiger partial charge in [0.25, 0.3) is 5.69 Å². The number of nitrogens with zero attached hydrogens (tertiary/aromatic N) is 3. The van der Waals surface area contributed by atoms with Crippen LogP contribution in [0.3, 0.4) is 0 Å². The minimum Gasteiger partial charge on any atom is -0.622 e. The Kier molecular flexibility index (Phi) is 1.91. The van der Waals surface area contributed by atoms with Gasteiger partial charge >= 0.3 is 0 Å². The van der Waals surface area contributed by atoms with Crippen LogP contribution >= 0.6 is 0 Å². The number of hydrogen-bond acceptors (Lipinski definition) is 6. The molecule has 0 saturated heterocycles. The van der Waals surface area contributed by atoms with Crippen LogP contribution in [0.2, 0.25) is 0 Å². The molecule has 3 rings (SSSR count). The molecule has 0 unspecified atom stereocenters. The molecule has 0 bridgehead atoms. The van der Waals surface area contributed by atoms with Gasteiger partial charge < -0.3 is 15.5 Å². The zero-order chi connectivity index (χ0) is 13.3. The third-order valence-electron chi connectivity index (χ3n) is 4.29. The molecule has 2 heterocycles. The molecule has 0 amide bonds. The first kappa shape index (κ1) is 11.4. The van der Waals surface area contributed by atoms with E-state index in [1.807, 2.05) is 0 Å². The average Bonchev–Trinajstić information content (AvgIpc) is 2.75. The molecule has 3 atom stereocenters. The third kappa shape index (κ3) is 1.01. The Morgan fingerprint density at radius 1 is 1.50 bits per heavy atom. The van der Waals surface area contributed by atoms with Crippen LogP contribution in [0, 0.1) is 16.3 Å². The maximum atomic E-state index is 12.1. The maximum absolute atomic E-state index is 12.1. The Morgan fingerprint density at radius 2 is 2.17 bits per heavy atom. The van der Waals surface area contributed by atoms with Crippen molar-refractivity contribution >= 4 is 5.71 Å². The zero-order valence-corrected chi connectivity index (χ0v) is 10.1. The molecule has 0 fully saturated rings.